The molecule has 0 N–H and O–H groups in total. The summed E-state index contributed by atoms with van der Waals surface area (Å²) in [6, 6.07) is 4.58. The van der Waals surface area contributed by atoms with Crippen molar-refractivity contribution in [1.82, 2.24) is 4.90 Å². The first-order valence-electron chi connectivity index (χ1n) is 6.09. The second-order valence-corrected chi connectivity index (χ2v) is 11.5. The van der Waals surface area contributed by atoms with Gasteiger partial charge in [0.05, 0.1) is 8.07 Å². The van der Waals surface area contributed by atoms with Gasteiger partial charge in [-0.25, -0.2) is 0 Å². The standard InChI is InChI=1S/C12H27NSi/c1-10(2)12-9-14(5,6)8-7-13(12)11(3)4/h10-12H,7-9H2,1-6H3. The third-order valence-corrected chi connectivity index (χ3v) is 6.77. The van der Waals surface area contributed by atoms with Crippen molar-refractivity contribution >= 4 is 8.07 Å². The zero-order valence-corrected chi connectivity index (χ0v) is 11.8. The third-order valence-electron chi connectivity index (χ3n) is 3.67. The second kappa shape index (κ2) is 4.36. The Hall–Kier alpha value is 0.177. The van der Waals surface area contributed by atoms with Crippen LogP contribution in [0.3, 0.4) is 0 Å². The second-order valence-electron chi connectivity index (χ2n) is 6.26. The van der Waals surface area contributed by atoms with E-state index in [0.717, 1.165) is 18.0 Å². The zero-order valence-electron chi connectivity index (χ0n) is 10.8. The average Bonchev–Trinajstić information content (AvgIpc) is 2.01. The lowest BCUT2D eigenvalue weighted by Crippen LogP contribution is -2.53. The fourth-order valence-corrected chi connectivity index (χ4v) is 5.55. The van der Waals surface area contributed by atoms with Crippen molar-refractivity contribution in [1.29, 1.82) is 0 Å². The van der Waals surface area contributed by atoms with Crippen molar-refractivity contribution in [2.24, 2.45) is 5.92 Å². The first-order valence-corrected chi connectivity index (χ1v) is 9.50. The van der Waals surface area contributed by atoms with Crippen LogP contribution in [-0.4, -0.2) is 31.6 Å². The van der Waals surface area contributed by atoms with Gasteiger partial charge < -0.3 is 0 Å². The summed E-state index contributed by atoms with van der Waals surface area (Å²) in [6.45, 7) is 15.9. The molecule has 1 heterocycles. The van der Waals surface area contributed by atoms with Gasteiger partial charge >= 0.3 is 0 Å². The van der Waals surface area contributed by atoms with E-state index in [4.69, 9.17) is 0 Å². The largest absolute Gasteiger partial charge is 0.298 e. The van der Waals surface area contributed by atoms with Gasteiger partial charge in [-0.05, 0) is 38.4 Å². The smallest absolute Gasteiger partial charge is 0.0501 e. The van der Waals surface area contributed by atoms with Crippen LogP contribution in [0.2, 0.25) is 25.2 Å². The molecule has 1 unspecified atom stereocenters. The maximum Gasteiger partial charge on any atom is 0.0501 e. The quantitative estimate of drug-likeness (QED) is 0.635. The zero-order chi connectivity index (χ0) is 10.9. The topological polar surface area (TPSA) is 3.24 Å². The highest BCUT2D eigenvalue weighted by molar-refractivity contribution is 6.77. The van der Waals surface area contributed by atoms with E-state index in [0.29, 0.717) is 0 Å². The summed E-state index contributed by atoms with van der Waals surface area (Å²) in [4.78, 5) is 2.73. The molecule has 0 saturated carbocycles. The molecule has 0 aromatic heterocycles. The fourth-order valence-electron chi connectivity index (χ4n) is 2.64. The molecule has 1 atom stereocenters. The number of hydrogen-bond acceptors (Lipinski definition) is 1. The Bertz CT molecular complexity index is 187. The van der Waals surface area contributed by atoms with Crippen LogP contribution in [0.15, 0.2) is 0 Å². The van der Waals surface area contributed by atoms with E-state index >= 15 is 0 Å². The molecule has 0 aliphatic carbocycles. The molecule has 1 saturated heterocycles. The summed E-state index contributed by atoms with van der Waals surface area (Å²) in [5.41, 5.74) is 0. The van der Waals surface area contributed by atoms with Crippen LogP contribution in [0, 0.1) is 5.92 Å². The molecule has 1 aliphatic heterocycles. The van der Waals surface area contributed by atoms with E-state index in [-0.39, 0.29) is 0 Å². The summed E-state index contributed by atoms with van der Waals surface area (Å²) >= 11 is 0. The molecule has 0 aromatic carbocycles. The minimum absolute atomic E-state index is 0.729. The van der Waals surface area contributed by atoms with Crippen LogP contribution in [0.5, 0.6) is 0 Å². The van der Waals surface area contributed by atoms with Gasteiger partial charge in [-0.15, -0.1) is 0 Å². The number of nitrogens with zero attached hydrogens (tertiary/aromatic N) is 1. The third kappa shape index (κ3) is 2.83. The Morgan fingerprint density at radius 1 is 1.14 bits per heavy atom. The molecule has 1 fully saturated rings. The Kier molecular flexibility index (Phi) is 3.81. The maximum atomic E-state index is 2.73. The lowest BCUT2D eigenvalue weighted by Gasteiger charge is -2.46. The van der Waals surface area contributed by atoms with Crippen LogP contribution in [0.25, 0.3) is 0 Å². The summed E-state index contributed by atoms with van der Waals surface area (Å²) in [5, 5.41) is 0. The van der Waals surface area contributed by atoms with E-state index in [1.54, 1.807) is 0 Å². The van der Waals surface area contributed by atoms with Crippen molar-refractivity contribution in [3.8, 4) is 0 Å². The molecule has 0 amide bonds. The highest BCUT2D eigenvalue weighted by Gasteiger charge is 2.36. The molecule has 0 bridgehead atoms. The molecule has 1 rings (SSSR count). The normalized spacial score (nSPS) is 28.7. The summed E-state index contributed by atoms with van der Waals surface area (Å²) in [6.07, 6.45) is 0. The Morgan fingerprint density at radius 2 is 1.71 bits per heavy atom. The monoisotopic (exact) mass is 213 g/mol. The van der Waals surface area contributed by atoms with E-state index in [1.165, 1.54) is 18.6 Å². The minimum atomic E-state index is -0.846. The average molecular weight is 213 g/mol. The molecule has 84 valence electrons. The van der Waals surface area contributed by atoms with Crippen molar-refractivity contribution in [3.05, 3.63) is 0 Å². The summed E-state index contributed by atoms with van der Waals surface area (Å²) in [5.74, 6) is 0.824. The first kappa shape index (κ1) is 12.2. The van der Waals surface area contributed by atoms with Crippen molar-refractivity contribution in [3.63, 3.8) is 0 Å². The molecule has 0 aromatic rings. The van der Waals surface area contributed by atoms with Crippen LogP contribution >= 0.6 is 0 Å². The molecule has 1 nitrogen and oxygen atoms in total. The van der Waals surface area contributed by atoms with Gasteiger partial charge in [0.2, 0.25) is 0 Å². The predicted octanol–water partition coefficient (Wildman–Crippen LogP) is 3.44. The van der Waals surface area contributed by atoms with E-state index in [1.807, 2.05) is 0 Å². The van der Waals surface area contributed by atoms with Gasteiger partial charge in [-0.3, -0.25) is 4.90 Å². The molecular weight excluding hydrogens is 186 g/mol. The Morgan fingerprint density at radius 3 is 2.14 bits per heavy atom. The molecule has 1 aliphatic rings. The lowest BCUT2D eigenvalue weighted by molar-refractivity contribution is 0.127. The van der Waals surface area contributed by atoms with Gasteiger partial charge in [-0.2, -0.15) is 0 Å². The van der Waals surface area contributed by atoms with Gasteiger partial charge in [0, 0.05) is 12.1 Å². The molecule has 14 heavy (non-hydrogen) atoms. The van der Waals surface area contributed by atoms with Crippen molar-refractivity contribution < 1.29 is 0 Å². The van der Waals surface area contributed by atoms with Crippen molar-refractivity contribution in [2.45, 2.75) is 65.0 Å². The van der Waals surface area contributed by atoms with Gasteiger partial charge in [0.15, 0.2) is 0 Å². The molecule has 0 radical (unpaired) electrons. The molecular formula is C12H27NSi. The number of hydrogen-bond donors (Lipinski definition) is 0. The summed E-state index contributed by atoms with van der Waals surface area (Å²) in [7, 11) is -0.846. The highest BCUT2D eigenvalue weighted by atomic mass is 28.3. The van der Waals surface area contributed by atoms with E-state index < -0.39 is 8.07 Å². The van der Waals surface area contributed by atoms with E-state index in [9.17, 15) is 0 Å². The SMILES string of the molecule is CC(C)C1C[Si](C)(C)CCN1C(C)C. The van der Waals surface area contributed by atoms with Crippen LogP contribution in [0.4, 0.5) is 0 Å². The van der Waals surface area contributed by atoms with Crippen molar-refractivity contribution in [2.75, 3.05) is 6.54 Å². The molecule has 0 spiro atoms. The minimum Gasteiger partial charge on any atom is -0.298 e. The van der Waals surface area contributed by atoms with E-state index in [2.05, 4.69) is 45.7 Å². The Balaban J connectivity index is 2.71. The lowest BCUT2D eigenvalue weighted by atomic mass is 10.0. The van der Waals surface area contributed by atoms with Gasteiger partial charge in [0.25, 0.3) is 0 Å². The molecule has 2 heteroatoms. The predicted molar refractivity (Wildman–Crippen MR) is 67.6 cm³/mol. The van der Waals surface area contributed by atoms with Crippen LogP contribution < -0.4 is 0 Å². The fraction of sp³-hybridized carbons (Fsp3) is 1.00. The maximum absolute atomic E-state index is 2.73. The van der Waals surface area contributed by atoms with Gasteiger partial charge in [0.1, 0.15) is 0 Å². The van der Waals surface area contributed by atoms with Gasteiger partial charge in [-0.1, -0.05) is 26.9 Å². The Labute approximate surface area is 90.9 Å². The number of rotatable bonds is 2. The summed E-state index contributed by atoms with van der Waals surface area (Å²) < 4.78 is 0. The van der Waals surface area contributed by atoms with Crippen LogP contribution in [0.1, 0.15) is 27.7 Å². The first-order chi connectivity index (χ1) is 6.33. The highest BCUT2D eigenvalue weighted by Crippen LogP contribution is 2.31. The van der Waals surface area contributed by atoms with Crippen LogP contribution in [-0.2, 0) is 0 Å².